The Bertz CT molecular complexity index is 213. The van der Waals surface area contributed by atoms with Crippen LogP contribution in [0, 0.1) is 5.92 Å². The highest BCUT2D eigenvalue weighted by molar-refractivity contribution is 6.18. The first-order valence-corrected chi connectivity index (χ1v) is 5.67. The van der Waals surface area contributed by atoms with E-state index in [4.69, 9.17) is 21.1 Å². The summed E-state index contributed by atoms with van der Waals surface area (Å²) in [4.78, 5) is 11.7. The van der Waals surface area contributed by atoms with Crippen LogP contribution < -0.4 is 5.32 Å². The van der Waals surface area contributed by atoms with E-state index in [0.29, 0.717) is 19.1 Å². The molecule has 1 fully saturated rings. The zero-order chi connectivity index (χ0) is 11.3. The van der Waals surface area contributed by atoms with Gasteiger partial charge in [-0.25, -0.2) is 0 Å². The Hall–Kier alpha value is -0.320. The normalized spacial score (nSPS) is 27.7. The number of hydrogen-bond donors (Lipinski definition) is 1. The van der Waals surface area contributed by atoms with E-state index in [1.807, 2.05) is 6.92 Å². The molecule has 0 aromatic heterocycles. The maximum Gasteiger partial charge on any atom is 0.225 e. The van der Waals surface area contributed by atoms with Gasteiger partial charge in [-0.05, 0) is 13.3 Å². The number of rotatable bonds is 5. The van der Waals surface area contributed by atoms with Gasteiger partial charge < -0.3 is 14.8 Å². The molecule has 1 aliphatic heterocycles. The SMILES string of the molecule is COCC(CCl)NC(=O)C1COC(C)C1. The van der Waals surface area contributed by atoms with E-state index >= 15 is 0 Å². The fraction of sp³-hybridized carbons (Fsp3) is 0.900. The summed E-state index contributed by atoms with van der Waals surface area (Å²) in [5.41, 5.74) is 0. The number of halogens is 1. The van der Waals surface area contributed by atoms with Crippen LogP contribution in [0.15, 0.2) is 0 Å². The number of hydrogen-bond acceptors (Lipinski definition) is 3. The molecule has 1 heterocycles. The molecule has 1 amide bonds. The predicted molar refractivity (Wildman–Crippen MR) is 58.0 cm³/mol. The lowest BCUT2D eigenvalue weighted by atomic mass is 10.1. The maximum absolute atomic E-state index is 11.7. The van der Waals surface area contributed by atoms with E-state index in [1.165, 1.54) is 0 Å². The largest absolute Gasteiger partial charge is 0.383 e. The molecule has 3 unspecified atom stereocenters. The van der Waals surface area contributed by atoms with E-state index in [9.17, 15) is 4.79 Å². The average Bonchev–Trinajstić information content (AvgIpc) is 2.64. The molecule has 1 aliphatic rings. The number of methoxy groups -OCH3 is 1. The van der Waals surface area contributed by atoms with Gasteiger partial charge in [0.2, 0.25) is 5.91 Å². The number of ether oxygens (including phenoxy) is 2. The summed E-state index contributed by atoms with van der Waals surface area (Å²) in [6, 6.07) is -0.111. The third-order valence-corrected chi connectivity index (χ3v) is 2.84. The minimum atomic E-state index is -0.111. The Balaban J connectivity index is 2.33. The Morgan fingerprint density at radius 2 is 2.47 bits per heavy atom. The van der Waals surface area contributed by atoms with Crippen LogP contribution in [0.5, 0.6) is 0 Å². The van der Waals surface area contributed by atoms with Gasteiger partial charge in [0.1, 0.15) is 0 Å². The number of nitrogens with one attached hydrogen (secondary N) is 1. The number of amides is 1. The smallest absolute Gasteiger partial charge is 0.225 e. The van der Waals surface area contributed by atoms with Crippen LogP contribution in [0.1, 0.15) is 13.3 Å². The standard InChI is InChI=1S/C10H18ClNO3/c1-7-3-8(5-15-7)10(13)12-9(4-11)6-14-2/h7-9H,3-6H2,1-2H3,(H,12,13). The van der Waals surface area contributed by atoms with Gasteiger partial charge in [-0.15, -0.1) is 11.6 Å². The molecular formula is C10H18ClNO3. The minimum Gasteiger partial charge on any atom is -0.383 e. The maximum atomic E-state index is 11.7. The number of carbonyl (C=O) groups excluding carboxylic acids is 1. The van der Waals surface area contributed by atoms with Crippen molar-refractivity contribution < 1.29 is 14.3 Å². The second kappa shape index (κ2) is 6.30. The molecule has 0 bridgehead atoms. The molecule has 0 aromatic carbocycles. The van der Waals surface area contributed by atoms with Crippen molar-refractivity contribution in [1.29, 1.82) is 0 Å². The van der Waals surface area contributed by atoms with Gasteiger partial charge in [-0.3, -0.25) is 4.79 Å². The molecule has 0 spiro atoms. The van der Waals surface area contributed by atoms with Gasteiger partial charge in [-0.1, -0.05) is 0 Å². The van der Waals surface area contributed by atoms with Gasteiger partial charge in [0, 0.05) is 13.0 Å². The minimum absolute atomic E-state index is 0.0158. The molecule has 1 saturated heterocycles. The zero-order valence-electron chi connectivity index (χ0n) is 9.16. The lowest BCUT2D eigenvalue weighted by molar-refractivity contribution is -0.125. The molecule has 0 aliphatic carbocycles. The van der Waals surface area contributed by atoms with Crippen molar-refractivity contribution in [2.45, 2.75) is 25.5 Å². The van der Waals surface area contributed by atoms with Crippen LogP contribution in [0.3, 0.4) is 0 Å². The highest BCUT2D eigenvalue weighted by Gasteiger charge is 2.29. The highest BCUT2D eigenvalue weighted by Crippen LogP contribution is 2.19. The highest BCUT2D eigenvalue weighted by atomic mass is 35.5. The average molecular weight is 236 g/mol. The van der Waals surface area contributed by atoms with Crippen molar-refractivity contribution in [3.05, 3.63) is 0 Å². The number of carbonyl (C=O) groups is 1. The second-order valence-corrected chi connectivity index (χ2v) is 4.20. The fourth-order valence-electron chi connectivity index (χ4n) is 1.64. The van der Waals surface area contributed by atoms with Crippen LogP contribution in [0.4, 0.5) is 0 Å². The molecule has 4 nitrogen and oxygen atoms in total. The first-order valence-electron chi connectivity index (χ1n) is 5.14. The molecule has 3 atom stereocenters. The second-order valence-electron chi connectivity index (χ2n) is 3.89. The topological polar surface area (TPSA) is 47.6 Å². The van der Waals surface area contributed by atoms with Gasteiger partial charge in [0.25, 0.3) is 0 Å². The molecule has 88 valence electrons. The molecule has 0 radical (unpaired) electrons. The molecule has 0 saturated carbocycles. The zero-order valence-corrected chi connectivity index (χ0v) is 9.92. The van der Waals surface area contributed by atoms with Crippen LogP contribution in [0.25, 0.3) is 0 Å². The fourth-order valence-corrected chi connectivity index (χ4v) is 1.81. The predicted octanol–water partition coefficient (Wildman–Crippen LogP) is 0.781. The van der Waals surface area contributed by atoms with Crippen LogP contribution in [-0.4, -0.2) is 44.3 Å². The summed E-state index contributed by atoms with van der Waals surface area (Å²) in [6.07, 6.45) is 0.964. The molecular weight excluding hydrogens is 218 g/mol. The summed E-state index contributed by atoms with van der Waals surface area (Å²) in [5, 5.41) is 2.85. The molecule has 1 rings (SSSR count). The Morgan fingerprint density at radius 1 is 1.73 bits per heavy atom. The van der Waals surface area contributed by atoms with Crippen LogP contribution in [-0.2, 0) is 14.3 Å². The van der Waals surface area contributed by atoms with Crippen molar-refractivity contribution in [2.24, 2.45) is 5.92 Å². The van der Waals surface area contributed by atoms with Gasteiger partial charge in [0.15, 0.2) is 0 Å². The van der Waals surface area contributed by atoms with Crippen molar-refractivity contribution in [2.75, 3.05) is 26.2 Å². The van der Waals surface area contributed by atoms with Gasteiger partial charge >= 0.3 is 0 Å². The Kier molecular flexibility index (Phi) is 5.36. The molecule has 1 N–H and O–H groups in total. The summed E-state index contributed by atoms with van der Waals surface area (Å²) in [7, 11) is 1.59. The van der Waals surface area contributed by atoms with E-state index < -0.39 is 0 Å². The molecule has 15 heavy (non-hydrogen) atoms. The first-order chi connectivity index (χ1) is 7.17. The molecule has 5 heteroatoms. The lowest BCUT2D eigenvalue weighted by Gasteiger charge is -2.17. The van der Waals surface area contributed by atoms with Crippen LogP contribution >= 0.6 is 11.6 Å². The van der Waals surface area contributed by atoms with Gasteiger partial charge in [0.05, 0.1) is 31.3 Å². The van der Waals surface area contributed by atoms with Crippen molar-refractivity contribution >= 4 is 17.5 Å². The van der Waals surface area contributed by atoms with Crippen LogP contribution in [0.2, 0.25) is 0 Å². The monoisotopic (exact) mass is 235 g/mol. The quantitative estimate of drug-likeness (QED) is 0.717. The van der Waals surface area contributed by atoms with E-state index in [1.54, 1.807) is 7.11 Å². The van der Waals surface area contributed by atoms with E-state index in [0.717, 1.165) is 6.42 Å². The first kappa shape index (κ1) is 12.7. The Labute approximate surface area is 95.3 Å². The summed E-state index contributed by atoms with van der Waals surface area (Å²) in [5.74, 6) is 0.340. The summed E-state index contributed by atoms with van der Waals surface area (Å²) < 4.78 is 10.3. The third-order valence-electron chi connectivity index (χ3n) is 2.47. The lowest BCUT2D eigenvalue weighted by Crippen LogP contribution is -2.42. The summed E-state index contributed by atoms with van der Waals surface area (Å²) in [6.45, 7) is 2.93. The van der Waals surface area contributed by atoms with E-state index in [-0.39, 0.29) is 24.0 Å². The summed E-state index contributed by atoms with van der Waals surface area (Å²) >= 11 is 5.70. The van der Waals surface area contributed by atoms with Crippen molar-refractivity contribution in [3.8, 4) is 0 Å². The van der Waals surface area contributed by atoms with Crippen molar-refractivity contribution in [3.63, 3.8) is 0 Å². The third kappa shape index (κ3) is 3.97. The van der Waals surface area contributed by atoms with Crippen molar-refractivity contribution in [1.82, 2.24) is 5.32 Å². The molecule has 0 aromatic rings. The Morgan fingerprint density at radius 3 is 2.93 bits per heavy atom. The van der Waals surface area contributed by atoms with E-state index in [2.05, 4.69) is 5.32 Å². The van der Waals surface area contributed by atoms with Gasteiger partial charge in [-0.2, -0.15) is 0 Å². The number of alkyl halides is 1.